The summed E-state index contributed by atoms with van der Waals surface area (Å²) in [4.78, 5) is 9.39. The predicted molar refractivity (Wildman–Crippen MR) is 95.8 cm³/mol. The van der Waals surface area contributed by atoms with Gasteiger partial charge in [0.1, 0.15) is 5.82 Å². The van der Waals surface area contributed by atoms with Crippen molar-refractivity contribution in [1.29, 1.82) is 0 Å². The molecule has 4 aromatic rings. The Bertz CT molecular complexity index is 1070. The van der Waals surface area contributed by atoms with Crippen molar-refractivity contribution in [3.8, 4) is 5.82 Å². The summed E-state index contributed by atoms with van der Waals surface area (Å²) in [6, 6.07) is 15.9. The van der Waals surface area contributed by atoms with E-state index in [2.05, 4.69) is 15.4 Å². The molecule has 0 saturated carbocycles. The van der Waals surface area contributed by atoms with Gasteiger partial charge in [-0.1, -0.05) is 18.2 Å². The minimum atomic E-state index is -0.314. The molecule has 2 aromatic carbocycles. The first kappa shape index (κ1) is 15.3. The zero-order chi connectivity index (χ0) is 17.4. The number of aryl methyl sites for hydroxylation is 2. The number of hydrogen-bond acceptors (Lipinski definition) is 4. The SMILES string of the molecule is Cc1cc(C)n(-c2nc3ccccc3nc2Nc2cccc(F)c2)n1. The highest BCUT2D eigenvalue weighted by Crippen LogP contribution is 2.25. The molecule has 0 aliphatic heterocycles. The van der Waals surface area contributed by atoms with Crippen molar-refractivity contribution < 1.29 is 4.39 Å². The Labute approximate surface area is 144 Å². The summed E-state index contributed by atoms with van der Waals surface area (Å²) in [5.41, 5.74) is 3.97. The molecule has 0 saturated heterocycles. The molecule has 0 aliphatic carbocycles. The van der Waals surface area contributed by atoms with Crippen molar-refractivity contribution in [2.45, 2.75) is 13.8 Å². The third-order valence-corrected chi connectivity index (χ3v) is 3.85. The number of rotatable bonds is 3. The van der Waals surface area contributed by atoms with Crippen LogP contribution in [0.5, 0.6) is 0 Å². The van der Waals surface area contributed by atoms with Crippen molar-refractivity contribution in [1.82, 2.24) is 19.7 Å². The lowest BCUT2D eigenvalue weighted by atomic mass is 10.3. The lowest BCUT2D eigenvalue weighted by Crippen LogP contribution is -2.08. The van der Waals surface area contributed by atoms with E-state index in [0.29, 0.717) is 17.3 Å². The number of fused-ring (bicyclic) bond motifs is 1. The van der Waals surface area contributed by atoms with Crippen molar-refractivity contribution >= 4 is 22.5 Å². The standard InChI is InChI=1S/C19H16FN5/c1-12-10-13(2)25(24-12)19-18(21-15-7-5-6-14(20)11-15)22-16-8-3-4-9-17(16)23-19/h3-11H,1-2H3,(H,21,22). The first-order chi connectivity index (χ1) is 12.1. The first-order valence-electron chi connectivity index (χ1n) is 7.93. The van der Waals surface area contributed by atoms with Gasteiger partial charge in [0.25, 0.3) is 0 Å². The summed E-state index contributed by atoms with van der Waals surface area (Å²) < 4.78 is 15.3. The van der Waals surface area contributed by atoms with Crippen LogP contribution in [0.15, 0.2) is 54.6 Å². The lowest BCUT2D eigenvalue weighted by Gasteiger charge is -2.13. The molecule has 0 unspecified atom stereocenters. The molecule has 0 amide bonds. The van der Waals surface area contributed by atoms with E-state index in [-0.39, 0.29) is 5.82 Å². The van der Waals surface area contributed by atoms with Gasteiger partial charge in [0.05, 0.1) is 16.7 Å². The number of nitrogens with zero attached hydrogens (tertiary/aromatic N) is 4. The summed E-state index contributed by atoms with van der Waals surface area (Å²) in [7, 11) is 0. The molecular formula is C19H16FN5. The van der Waals surface area contributed by atoms with Gasteiger partial charge in [-0.25, -0.2) is 19.0 Å². The van der Waals surface area contributed by atoms with E-state index in [4.69, 9.17) is 4.98 Å². The van der Waals surface area contributed by atoms with Crippen molar-refractivity contribution in [3.63, 3.8) is 0 Å². The minimum Gasteiger partial charge on any atom is -0.337 e. The molecule has 0 atom stereocenters. The molecule has 2 aromatic heterocycles. The zero-order valence-corrected chi connectivity index (χ0v) is 13.9. The molecule has 0 bridgehead atoms. The summed E-state index contributed by atoms with van der Waals surface area (Å²) in [6.45, 7) is 3.89. The predicted octanol–water partition coefficient (Wildman–Crippen LogP) is 4.32. The maximum Gasteiger partial charge on any atom is 0.197 e. The van der Waals surface area contributed by atoms with Crippen LogP contribution in [0.3, 0.4) is 0 Å². The van der Waals surface area contributed by atoms with Crippen LogP contribution >= 0.6 is 0 Å². The topological polar surface area (TPSA) is 55.6 Å². The summed E-state index contributed by atoms with van der Waals surface area (Å²) in [5, 5.41) is 7.67. The highest BCUT2D eigenvalue weighted by atomic mass is 19.1. The first-order valence-corrected chi connectivity index (χ1v) is 7.93. The number of anilines is 2. The maximum atomic E-state index is 13.5. The Kier molecular flexibility index (Phi) is 3.65. The minimum absolute atomic E-state index is 0.314. The van der Waals surface area contributed by atoms with Crippen LogP contribution in [0, 0.1) is 19.7 Å². The number of hydrogen-bond donors (Lipinski definition) is 1. The van der Waals surface area contributed by atoms with Gasteiger partial charge in [-0.15, -0.1) is 0 Å². The van der Waals surface area contributed by atoms with E-state index < -0.39 is 0 Å². The monoisotopic (exact) mass is 333 g/mol. The van der Waals surface area contributed by atoms with Crippen LogP contribution in [-0.4, -0.2) is 19.7 Å². The Balaban J connectivity index is 1.91. The number of benzene rings is 2. The van der Waals surface area contributed by atoms with Crippen molar-refractivity contribution in [3.05, 3.63) is 71.8 Å². The van der Waals surface area contributed by atoms with E-state index in [1.54, 1.807) is 16.8 Å². The maximum absolute atomic E-state index is 13.5. The van der Waals surface area contributed by atoms with E-state index in [9.17, 15) is 4.39 Å². The molecule has 0 radical (unpaired) electrons. The molecule has 25 heavy (non-hydrogen) atoms. The van der Waals surface area contributed by atoms with E-state index in [1.807, 2.05) is 44.2 Å². The second-order valence-corrected chi connectivity index (χ2v) is 5.86. The van der Waals surface area contributed by atoms with Gasteiger partial charge in [-0.05, 0) is 50.2 Å². The normalized spacial score (nSPS) is 11.0. The average molecular weight is 333 g/mol. The van der Waals surface area contributed by atoms with E-state index in [0.717, 1.165) is 22.4 Å². The highest BCUT2D eigenvalue weighted by molar-refractivity contribution is 5.79. The lowest BCUT2D eigenvalue weighted by molar-refractivity contribution is 0.628. The fourth-order valence-corrected chi connectivity index (χ4v) is 2.77. The third-order valence-electron chi connectivity index (χ3n) is 3.85. The van der Waals surface area contributed by atoms with Gasteiger partial charge in [0.2, 0.25) is 0 Å². The van der Waals surface area contributed by atoms with Gasteiger partial charge in [-0.3, -0.25) is 0 Å². The molecule has 0 aliphatic rings. The van der Waals surface area contributed by atoms with Crippen LogP contribution in [0.1, 0.15) is 11.4 Å². The van der Waals surface area contributed by atoms with E-state index >= 15 is 0 Å². The van der Waals surface area contributed by atoms with Crippen molar-refractivity contribution in [2.75, 3.05) is 5.32 Å². The fourth-order valence-electron chi connectivity index (χ4n) is 2.77. The molecule has 2 heterocycles. The molecule has 5 nitrogen and oxygen atoms in total. The average Bonchev–Trinajstić information content (AvgIpc) is 2.92. The number of aromatic nitrogens is 4. The second kappa shape index (κ2) is 5.98. The quantitative estimate of drug-likeness (QED) is 0.607. The Hall–Kier alpha value is -3.28. The molecule has 0 fully saturated rings. The van der Waals surface area contributed by atoms with Gasteiger partial charge in [0, 0.05) is 11.4 Å². The number of nitrogens with one attached hydrogen (secondary N) is 1. The van der Waals surface area contributed by atoms with Crippen LogP contribution < -0.4 is 5.32 Å². The van der Waals surface area contributed by atoms with Crippen LogP contribution in [0.4, 0.5) is 15.9 Å². The summed E-state index contributed by atoms with van der Waals surface area (Å²) in [5.74, 6) is 0.787. The van der Waals surface area contributed by atoms with Gasteiger partial charge >= 0.3 is 0 Å². The van der Waals surface area contributed by atoms with Gasteiger partial charge < -0.3 is 5.32 Å². The van der Waals surface area contributed by atoms with Crippen molar-refractivity contribution in [2.24, 2.45) is 0 Å². The summed E-state index contributed by atoms with van der Waals surface area (Å²) in [6.07, 6.45) is 0. The smallest absolute Gasteiger partial charge is 0.197 e. The molecule has 1 N–H and O–H groups in total. The van der Waals surface area contributed by atoms with Gasteiger partial charge in [0.15, 0.2) is 11.6 Å². The zero-order valence-electron chi connectivity index (χ0n) is 13.9. The summed E-state index contributed by atoms with van der Waals surface area (Å²) >= 11 is 0. The third kappa shape index (κ3) is 2.94. The Morgan fingerprint density at radius 2 is 1.68 bits per heavy atom. The Morgan fingerprint density at radius 3 is 2.36 bits per heavy atom. The number of halogens is 1. The second-order valence-electron chi connectivity index (χ2n) is 5.86. The van der Waals surface area contributed by atoms with Crippen LogP contribution in [0.25, 0.3) is 16.9 Å². The fraction of sp³-hybridized carbons (Fsp3) is 0.105. The molecular weight excluding hydrogens is 317 g/mol. The van der Waals surface area contributed by atoms with Crippen LogP contribution in [-0.2, 0) is 0 Å². The Morgan fingerprint density at radius 1 is 0.920 bits per heavy atom. The molecule has 0 spiro atoms. The molecule has 4 rings (SSSR count). The van der Waals surface area contributed by atoms with E-state index in [1.165, 1.54) is 12.1 Å². The highest BCUT2D eigenvalue weighted by Gasteiger charge is 2.14. The van der Waals surface area contributed by atoms with Crippen LogP contribution in [0.2, 0.25) is 0 Å². The largest absolute Gasteiger partial charge is 0.337 e. The molecule has 124 valence electrons. The number of para-hydroxylation sites is 2. The van der Waals surface area contributed by atoms with Gasteiger partial charge in [-0.2, -0.15) is 5.10 Å². The molecule has 6 heteroatoms.